The van der Waals surface area contributed by atoms with Gasteiger partial charge in [0.2, 0.25) is 0 Å². The largest absolute Gasteiger partial charge is 0.497 e. The number of ether oxygens (including phenoxy) is 2. The van der Waals surface area contributed by atoms with Gasteiger partial charge in [-0.2, -0.15) is 5.10 Å². The number of halogens is 3. The molecule has 2 heterocycles. The molecule has 176 valence electrons. The van der Waals surface area contributed by atoms with E-state index >= 15 is 0 Å². The van der Waals surface area contributed by atoms with Gasteiger partial charge in [-0.1, -0.05) is 23.2 Å². The fraction of sp³-hybridized carbons (Fsp3) is 0.115. The van der Waals surface area contributed by atoms with E-state index < -0.39 is 0 Å². The van der Waals surface area contributed by atoms with Crippen LogP contribution in [0.15, 0.2) is 60.7 Å². The third-order valence-corrected chi connectivity index (χ3v) is 5.98. The molecule has 0 fully saturated rings. The molecular weight excluding hydrogens is 490 g/mol. The lowest BCUT2D eigenvalue weighted by molar-refractivity contribution is 0.395. The zero-order valence-electron chi connectivity index (χ0n) is 19.0. The van der Waals surface area contributed by atoms with Gasteiger partial charge in [0.25, 0.3) is 0 Å². The maximum atomic E-state index is 13.6. The second-order valence-electron chi connectivity index (χ2n) is 7.79. The number of aromatic nitrogens is 4. The molecule has 0 saturated carbocycles. The fourth-order valence-corrected chi connectivity index (χ4v) is 4.43. The van der Waals surface area contributed by atoms with Gasteiger partial charge in [0, 0.05) is 27.2 Å². The topological polar surface area (TPSA) is 62.1 Å². The van der Waals surface area contributed by atoms with E-state index in [1.165, 1.54) is 12.1 Å². The number of hydrogen-bond donors (Lipinski definition) is 0. The van der Waals surface area contributed by atoms with E-state index in [0.29, 0.717) is 66.6 Å². The van der Waals surface area contributed by atoms with E-state index in [1.807, 2.05) is 19.1 Å². The molecule has 2 aromatic heterocycles. The van der Waals surface area contributed by atoms with Crippen LogP contribution in [0.5, 0.6) is 11.5 Å². The molecule has 0 aliphatic rings. The van der Waals surface area contributed by atoms with Crippen molar-refractivity contribution in [3.05, 3.63) is 82.2 Å². The van der Waals surface area contributed by atoms with Crippen LogP contribution in [0, 0.1) is 12.7 Å². The summed E-state index contributed by atoms with van der Waals surface area (Å²) >= 11 is 12.6. The summed E-state index contributed by atoms with van der Waals surface area (Å²) in [5, 5.41) is 5.68. The molecule has 0 saturated heterocycles. The Balaban J connectivity index is 1.87. The van der Waals surface area contributed by atoms with E-state index in [1.54, 1.807) is 55.3 Å². The average molecular weight is 509 g/mol. The number of rotatable bonds is 5. The number of hydrogen-bond acceptors (Lipinski definition) is 5. The minimum Gasteiger partial charge on any atom is -0.497 e. The van der Waals surface area contributed by atoms with E-state index in [9.17, 15) is 4.39 Å². The average Bonchev–Trinajstić information content (AvgIpc) is 3.19. The molecule has 0 radical (unpaired) electrons. The van der Waals surface area contributed by atoms with E-state index in [2.05, 4.69) is 0 Å². The third-order valence-electron chi connectivity index (χ3n) is 5.55. The Bertz CT molecular complexity index is 1550. The standard InChI is InChI=1S/C26H19Cl2FN4O2/c1-14-23-25(33(32-14)19-11-16(27)10-17(28)12-19)24(21-9-8-20(34-2)13-22(21)35-3)31-26(30-23)15-4-6-18(29)7-5-15/h4-13H,1-3H3. The summed E-state index contributed by atoms with van der Waals surface area (Å²) in [5.74, 6) is 1.29. The molecule has 0 unspecified atom stereocenters. The Labute approximate surface area is 210 Å². The zero-order valence-corrected chi connectivity index (χ0v) is 20.5. The third kappa shape index (κ3) is 4.29. The number of benzene rings is 3. The summed E-state index contributed by atoms with van der Waals surface area (Å²) in [5.41, 5.74) is 4.56. The molecule has 6 nitrogen and oxygen atoms in total. The highest BCUT2D eigenvalue weighted by atomic mass is 35.5. The first-order chi connectivity index (χ1) is 16.9. The van der Waals surface area contributed by atoms with Crippen LogP contribution in [0.1, 0.15) is 5.69 Å². The predicted molar refractivity (Wildman–Crippen MR) is 135 cm³/mol. The number of fused-ring (bicyclic) bond motifs is 1. The van der Waals surface area contributed by atoms with Crippen LogP contribution in [0.4, 0.5) is 4.39 Å². The van der Waals surface area contributed by atoms with Crippen LogP contribution in [0.2, 0.25) is 10.0 Å². The SMILES string of the molecule is COc1ccc(-c2nc(-c3ccc(F)cc3)nc3c(C)nn(-c4cc(Cl)cc(Cl)c4)c23)c(OC)c1. The van der Waals surface area contributed by atoms with Crippen molar-refractivity contribution in [2.45, 2.75) is 6.92 Å². The van der Waals surface area contributed by atoms with Gasteiger partial charge >= 0.3 is 0 Å². The summed E-state index contributed by atoms with van der Waals surface area (Å²) < 4.78 is 26.4. The monoisotopic (exact) mass is 508 g/mol. The first-order valence-electron chi connectivity index (χ1n) is 10.6. The molecule has 0 amide bonds. The number of methoxy groups -OCH3 is 2. The molecule has 5 rings (SSSR count). The normalized spacial score (nSPS) is 11.1. The molecule has 0 aliphatic heterocycles. The number of nitrogens with zero attached hydrogens (tertiary/aromatic N) is 4. The van der Waals surface area contributed by atoms with Gasteiger partial charge in [0.15, 0.2) is 5.82 Å². The van der Waals surface area contributed by atoms with Crippen molar-refractivity contribution in [3.8, 4) is 39.8 Å². The first kappa shape index (κ1) is 23.1. The van der Waals surface area contributed by atoms with Gasteiger partial charge in [-0.05, 0) is 61.5 Å². The first-order valence-corrected chi connectivity index (χ1v) is 11.4. The second-order valence-corrected chi connectivity index (χ2v) is 8.66. The molecule has 0 spiro atoms. The van der Waals surface area contributed by atoms with Crippen molar-refractivity contribution in [1.29, 1.82) is 0 Å². The molecule has 9 heteroatoms. The summed E-state index contributed by atoms with van der Waals surface area (Å²) in [6, 6.07) is 16.7. The maximum absolute atomic E-state index is 13.6. The number of aryl methyl sites for hydroxylation is 1. The smallest absolute Gasteiger partial charge is 0.160 e. The fourth-order valence-electron chi connectivity index (χ4n) is 3.91. The van der Waals surface area contributed by atoms with Gasteiger partial charge in [-0.25, -0.2) is 19.0 Å². The van der Waals surface area contributed by atoms with Gasteiger partial charge in [0.1, 0.15) is 34.0 Å². The molecule has 5 aromatic rings. The maximum Gasteiger partial charge on any atom is 0.160 e. The molecule has 0 N–H and O–H groups in total. The second kappa shape index (κ2) is 9.17. The molecule has 3 aromatic carbocycles. The zero-order chi connectivity index (χ0) is 24.7. The Kier molecular flexibility index (Phi) is 6.05. The van der Waals surface area contributed by atoms with Gasteiger partial charge < -0.3 is 9.47 Å². The quantitative estimate of drug-likeness (QED) is 0.257. The Hall–Kier alpha value is -3.68. The van der Waals surface area contributed by atoms with Gasteiger partial charge in [-0.3, -0.25) is 0 Å². The van der Waals surface area contributed by atoms with Crippen molar-refractivity contribution in [3.63, 3.8) is 0 Å². The highest BCUT2D eigenvalue weighted by Gasteiger charge is 2.22. The van der Waals surface area contributed by atoms with E-state index in [4.69, 9.17) is 47.7 Å². The van der Waals surface area contributed by atoms with Gasteiger partial charge in [0.05, 0.1) is 25.6 Å². The molecule has 0 atom stereocenters. The van der Waals surface area contributed by atoms with Crippen molar-refractivity contribution in [1.82, 2.24) is 19.7 Å². The highest BCUT2D eigenvalue weighted by Crippen LogP contribution is 2.38. The molecule has 0 aliphatic carbocycles. The molecule has 35 heavy (non-hydrogen) atoms. The Morgan fingerprint density at radius 3 is 2.23 bits per heavy atom. The van der Waals surface area contributed by atoms with Crippen LogP contribution < -0.4 is 9.47 Å². The predicted octanol–water partition coefficient (Wildman–Crippen LogP) is 6.92. The van der Waals surface area contributed by atoms with Crippen molar-refractivity contribution >= 4 is 34.2 Å². The summed E-state index contributed by atoms with van der Waals surface area (Å²) in [6.45, 7) is 1.86. The van der Waals surface area contributed by atoms with Crippen LogP contribution in [-0.2, 0) is 0 Å². The Morgan fingerprint density at radius 2 is 1.57 bits per heavy atom. The summed E-state index contributed by atoms with van der Waals surface area (Å²) in [4.78, 5) is 9.69. The Morgan fingerprint density at radius 1 is 0.857 bits per heavy atom. The minimum atomic E-state index is -0.339. The summed E-state index contributed by atoms with van der Waals surface area (Å²) in [6.07, 6.45) is 0. The highest BCUT2D eigenvalue weighted by molar-refractivity contribution is 6.34. The van der Waals surface area contributed by atoms with Crippen LogP contribution >= 0.6 is 23.2 Å². The van der Waals surface area contributed by atoms with Crippen molar-refractivity contribution < 1.29 is 13.9 Å². The van der Waals surface area contributed by atoms with Gasteiger partial charge in [-0.15, -0.1) is 0 Å². The van der Waals surface area contributed by atoms with Crippen LogP contribution in [0.3, 0.4) is 0 Å². The molecular formula is C26H19Cl2FN4O2. The lowest BCUT2D eigenvalue weighted by atomic mass is 10.1. The minimum absolute atomic E-state index is 0.339. The van der Waals surface area contributed by atoms with Crippen molar-refractivity contribution in [2.75, 3.05) is 14.2 Å². The van der Waals surface area contributed by atoms with Crippen LogP contribution in [-0.4, -0.2) is 34.0 Å². The lowest BCUT2D eigenvalue weighted by Gasteiger charge is -2.14. The van der Waals surface area contributed by atoms with Crippen LogP contribution in [0.25, 0.3) is 39.4 Å². The van der Waals surface area contributed by atoms with Crippen molar-refractivity contribution in [2.24, 2.45) is 0 Å². The summed E-state index contributed by atoms with van der Waals surface area (Å²) in [7, 11) is 3.17. The van der Waals surface area contributed by atoms with E-state index in [-0.39, 0.29) is 5.82 Å². The van der Waals surface area contributed by atoms with E-state index in [0.717, 1.165) is 0 Å². The lowest BCUT2D eigenvalue weighted by Crippen LogP contribution is -2.02. The molecule has 0 bridgehead atoms.